The van der Waals surface area contributed by atoms with Crippen LogP contribution in [-0.2, 0) is 0 Å². The predicted molar refractivity (Wildman–Crippen MR) is 86.2 cm³/mol. The van der Waals surface area contributed by atoms with Gasteiger partial charge in [0.05, 0.1) is 14.8 Å². The Morgan fingerprint density at radius 2 is 1.68 bits per heavy atom. The van der Waals surface area contributed by atoms with Gasteiger partial charge in [-0.1, -0.05) is 68.0 Å². The van der Waals surface area contributed by atoms with Crippen LogP contribution in [0.15, 0.2) is 41.7 Å². The summed E-state index contributed by atoms with van der Waals surface area (Å²) in [5.74, 6) is 0. The van der Waals surface area contributed by atoms with Crippen LogP contribution in [0.5, 0.6) is 0 Å². The molecular weight excluding hydrogens is 246 g/mol. The van der Waals surface area contributed by atoms with Gasteiger partial charge in [-0.15, -0.1) is 6.08 Å². The van der Waals surface area contributed by atoms with E-state index in [4.69, 9.17) is 0 Å². The van der Waals surface area contributed by atoms with Crippen LogP contribution >= 0.6 is 0 Å². The first-order valence-corrected chi connectivity index (χ1v) is 10.2. The van der Waals surface area contributed by atoms with E-state index < -0.39 is 8.07 Å². The van der Waals surface area contributed by atoms with Crippen LogP contribution in [0.2, 0.25) is 19.6 Å². The smallest absolute Gasteiger partial charge is 0.147 e. The number of hydrogen-bond donors (Lipinski definition) is 0. The lowest BCUT2D eigenvalue weighted by Gasteiger charge is -2.27. The Morgan fingerprint density at radius 1 is 1.11 bits per heavy atom. The molecule has 0 N–H and O–H groups in total. The van der Waals surface area contributed by atoms with Gasteiger partial charge in [0.25, 0.3) is 0 Å². The first kappa shape index (κ1) is 13.9. The molecule has 0 saturated carbocycles. The van der Waals surface area contributed by atoms with E-state index in [9.17, 15) is 0 Å². The van der Waals surface area contributed by atoms with Crippen LogP contribution in [-0.4, -0.2) is 19.4 Å². The second-order valence-corrected chi connectivity index (χ2v) is 11.4. The highest BCUT2D eigenvalue weighted by Crippen LogP contribution is 2.30. The molecule has 0 saturated heterocycles. The highest BCUT2D eigenvalue weighted by molar-refractivity contribution is 6.83. The quantitative estimate of drug-likeness (QED) is 0.429. The lowest BCUT2D eigenvalue weighted by atomic mass is 9.95. The summed E-state index contributed by atoms with van der Waals surface area (Å²) in [5.41, 5.74) is 3.91. The van der Waals surface area contributed by atoms with Crippen molar-refractivity contribution < 1.29 is 4.58 Å². The molecule has 0 fully saturated rings. The highest BCUT2D eigenvalue weighted by atomic mass is 28.3. The molecule has 2 rings (SSSR count). The fourth-order valence-corrected chi connectivity index (χ4v) is 3.56. The maximum Gasteiger partial charge on any atom is 0.147 e. The van der Waals surface area contributed by atoms with E-state index in [-0.39, 0.29) is 0 Å². The summed E-state index contributed by atoms with van der Waals surface area (Å²) >= 11 is 0. The Kier molecular flexibility index (Phi) is 3.55. The average Bonchev–Trinajstić information content (AvgIpc) is 2.29. The van der Waals surface area contributed by atoms with Crippen molar-refractivity contribution in [3.8, 4) is 0 Å². The molecule has 0 atom stereocenters. The zero-order valence-electron chi connectivity index (χ0n) is 12.6. The second kappa shape index (κ2) is 4.86. The molecule has 0 radical (unpaired) electrons. The Hall–Kier alpha value is -1.54. The lowest BCUT2D eigenvalue weighted by Crippen LogP contribution is -2.27. The van der Waals surface area contributed by atoms with E-state index in [1.54, 1.807) is 0 Å². The molecule has 1 heterocycles. The lowest BCUT2D eigenvalue weighted by molar-refractivity contribution is -0.418. The SMILES string of the molecule is C=[N+]1C=C([Si](C)(C)C)C=C[C-]1c1c(C)cccc1C. The molecule has 1 aliphatic rings. The molecule has 19 heavy (non-hydrogen) atoms. The van der Waals surface area contributed by atoms with E-state index in [2.05, 4.69) is 76.8 Å². The molecule has 0 unspecified atom stereocenters. The van der Waals surface area contributed by atoms with Crippen molar-refractivity contribution in [2.45, 2.75) is 33.5 Å². The fraction of sp³-hybridized carbons (Fsp3) is 0.294. The monoisotopic (exact) mass is 269 g/mol. The molecule has 100 valence electrons. The third-order valence-corrected chi connectivity index (χ3v) is 5.66. The summed E-state index contributed by atoms with van der Waals surface area (Å²) in [4.78, 5) is 0. The van der Waals surface area contributed by atoms with Gasteiger partial charge in [0.15, 0.2) is 0 Å². The van der Waals surface area contributed by atoms with Gasteiger partial charge in [0.1, 0.15) is 12.2 Å². The first-order valence-electron chi connectivity index (χ1n) is 6.74. The molecule has 0 aromatic heterocycles. The largest absolute Gasteiger partial charge is 0.255 e. The second-order valence-electron chi connectivity index (χ2n) is 6.29. The summed E-state index contributed by atoms with van der Waals surface area (Å²) in [7, 11) is -1.28. The molecule has 1 nitrogen and oxygen atoms in total. The maximum absolute atomic E-state index is 4.19. The van der Waals surface area contributed by atoms with E-state index in [1.165, 1.54) is 27.9 Å². The Bertz CT molecular complexity index is 553. The predicted octanol–water partition coefficient (Wildman–Crippen LogP) is 4.23. The van der Waals surface area contributed by atoms with Gasteiger partial charge < -0.3 is 0 Å². The van der Waals surface area contributed by atoms with Gasteiger partial charge in [0.2, 0.25) is 0 Å². The normalized spacial score (nSPS) is 15.7. The Balaban J connectivity index is 2.40. The maximum atomic E-state index is 4.19. The van der Waals surface area contributed by atoms with Gasteiger partial charge in [-0.25, -0.2) is 0 Å². The molecular formula is C17H23NSi. The van der Waals surface area contributed by atoms with Gasteiger partial charge in [0, 0.05) is 0 Å². The molecule has 0 amide bonds. The van der Waals surface area contributed by atoms with E-state index >= 15 is 0 Å². The van der Waals surface area contributed by atoms with Crippen molar-refractivity contribution in [2.24, 2.45) is 0 Å². The molecule has 0 spiro atoms. The van der Waals surface area contributed by atoms with Crippen LogP contribution in [0.4, 0.5) is 0 Å². The number of nitrogens with zero attached hydrogens (tertiary/aromatic N) is 1. The van der Waals surface area contributed by atoms with Crippen LogP contribution in [0.25, 0.3) is 0 Å². The standard InChI is InChI=1S/C17H23NSi/c1-13-8-7-9-14(2)17(13)16-11-10-15(12-18(16)3)19(4,5)6/h7-12H,3H2,1-2,4-6H3. The summed E-state index contributed by atoms with van der Waals surface area (Å²) in [6.07, 6.45) is 6.69. The van der Waals surface area contributed by atoms with Crippen LogP contribution < -0.4 is 0 Å². The fourth-order valence-electron chi connectivity index (χ4n) is 2.43. The number of aryl methyl sites for hydroxylation is 2. The van der Waals surface area contributed by atoms with Gasteiger partial charge in [-0.2, -0.15) is 0 Å². The zero-order chi connectivity index (χ0) is 14.2. The summed E-state index contributed by atoms with van der Waals surface area (Å²) in [5, 5.41) is 1.44. The van der Waals surface area contributed by atoms with Crippen LogP contribution in [0.1, 0.15) is 16.7 Å². The van der Waals surface area contributed by atoms with E-state index in [0.717, 1.165) is 0 Å². The molecule has 0 bridgehead atoms. The Morgan fingerprint density at radius 3 is 2.16 bits per heavy atom. The minimum absolute atomic E-state index is 1.19. The third kappa shape index (κ3) is 2.74. The van der Waals surface area contributed by atoms with Crippen LogP contribution in [0.3, 0.4) is 0 Å². The van der Waals surface area contributed by atoms with Crippen molar-refractivity contribution >= 4 is 14.8 Å². The average molecular weight is 269 g/mol. The summed E-state index contributed by atoms with van der Waals surface area (Å²) in [6, 6.07) is 7.62. The van der Waals surface area contributed by atoms with E-state index in [0.29, 0.717) is 0 Å². The van der Waals surface area contributed by atoms with Crippen LogP contribution in [0, 0.1) is 19.9 Å². The van der Waals surface area contributed by atoms with Crippen molar-refractivity contribution in [3.05, 3.63) is 64.5 Å². The van der Waals surface area contributed by atoms with Crippen molar-refractivity contribution in [1.29, 1.82) is 0 Å². The first-order chi connectivity index (χ1) is 8.80. The minimum Gasteiger partial charge on any atom is -0.255 e. The van der Waals surface area contributed by atoms with Gasteiger partial charge in [-0.05, 0) is 11.6 Å². The third-order valence-electron chi connectivity index (χ3n) is 3.63. The summed E-state index contributed by atoms with van der Waals surface area (Å²) in [6.45, 7) is 15.6. The highest BCUT2D eigenvalue weighted by Gasteiger charge is 2.24. The Labute approximate surface area is 118 Å². The minimum atomic E-state index is -1.28. The molecule has 1 aliphatic heterocycles. The molecule has 1 aromatic carbocycles. The number of rotatable bonds is 2. The molecule has 0 aliphatic carbocycles. The topological polar surface area (TPSA) is 3.01 Å². The van der Waals surface area contributed by atoms with Gasteiger partial charge >= 0.3 is 0 Å². The van der Waals surface area contributed by atoms with Crippen molar-refractivity contribution in [2.75, 3.05) is 0 Å². The number of allylic oxidation sites excluding steroid dienone is 2. The van der Waals surface area contributed by atoms with Crippen molar-refractivity contribution in [1.82, 2.24) is 0 Å². The number of hydrogen-bond acceptors (Lipinski definition) is 0. The van der Waals surface area contributed by atoms with Crippen molar-refractivity contribution in [3.63, 3.8) is 0 Å². The van der Waals surface area contributed by atoms with Gasteiger partial charge in [-0.3, -0.25) is 4.58 Å². The summed E-state index contributed by atoms with van der Waals surface area (Å²) < 4.78 is 2.03. The molecule has 2 heteroatoms. The zero-order valence-corrected chi connectivity index (χ0v) is 13.6. The van der Waals surface area contributed by atoms with E-state index in [1.807, 2.05) is 4.58 Å². The number of benzene rings is 1. The molecule has 1 aromatic rings.